The molecule has 9 nitrogen and oxygen atoms in total. The van der Waals surface area contributed by atoms with E-state index in [1.165, 1.54) is 28.9 Å². The number of nitrogen functional groups attached to an aromatic ring is 1. The number of nitrogens with two attached hydrogens (primary N) is 1. The topological polar surface area (TPSA) is 123 Å². The summed E-state index contributed by atoms with van der Waals surface area (Å²) in [6.07, 6.45) is 7.30. The minimum atomic E-state index is -0.693. The number of rotatable bonds is 6. The van der Waals surface area contributed by atoms with Crippen LogP contribution >= 0.6 is 0 Å². The molecule has 0 unspecified atom stereocenters. The second-order valence-electron chi connectivity index (χ2n) is 9.35. The van der Waals surface area contributed by atoms with Gasteiger partial charge in [0.2, 0.25) is 0 Å². The molecule has 5 aromatic rings. The van der Waals surface area contributed by atoms with Gasteiger partial charge in [-0.1, -0.05) is 18.2 Å². The van der Waals surface area contributed by atoms with E-state index in [-0.39, 0.29) is 40.5 Å². The summed E-state index contributed by atoms with van der Waals surface area (Å²) < 4.78 is 33.2. The highest BCUT2D eigenvalue weighted by atomic mass is 19.1. The van der Waals surface area contributed by atoms with Gasteiger partial charge in [0.15, 0.2) is 17.3 Å². The maximum Gasteiger partial charge on any atom is 0.198 e. The largest absolute Gasteiger partial charge is 0.381 e. The van der Waals surface area contributed by atoms with E-state index in [1.807, 2.05) is 30.1 Å². The number of nitrogens with zero attached hydrogens (tertiary/aromatic N) is 7. The summed E-state index contributed by atoms with van der Waals surface area (Å²) in [4.78, 5) is 8.74. The van der Waals surface area contributed by atoms with Gasteiger partial charge >= 0.3 is 0 Å². The SMILES string of the molecule is CNC1CC(n2cc(-c3cccc(F)c3Cc3nc4c(N)nc(-c5cccc(C#N)c5F)cn4n3)cn2)C1. The van der Waals surface area contributed by atoms with Crippen LogP contribution in [0.25, 0.3) is 28.0 Å². The van der Waals surface area contributed by atoms with Gasteiger partial charge in [-0.3, -0.25) is 4.68 Å². The molecule has 0 atom stereocenters. The van der Waals surface area contributed by atoms with Gasteiger partial charge in [0.1, 0.15) is 17.7 Å². The molecular weight excluding hydrogens is 488 g/mol. The van der Waals surface area contributed by atoms with Crippen LogP contribution in [0.1, 0.15) is 35.8 Å². The fourth-order valence-electron chi connectivity index (χ4n) is 4.86. The summed E-state index contributed by atoms with van der Waals surface area (Å²) in [5.74, 6) is -0.702. The Morgan fingerprint density at radius 1 is 1.11 bits per heavy atom. The first-order chi connectivity index (χ1) is 18.4. The Hall–Kier alpha value is -4.69. The number of benzene rings is 2. The Morgan fingerprint density at radius 2 is 1.89 bits per heavy atom. The minimum Gasteiger partial charge on any atom is -0.381 e. The molecule has 0 radical (unpaired) electrons. The van der Waals surface area contributed by atoms with Gasteiger partial charge in [-0.05, 0) is 43.7 Å². The van der Waals surface area contributed by atoms with Crippen molar-refractivity contribution in [2.45, 2.75) is 31.3 Å². The molecule has 1 fully saturated rings. The van der Waals surface area contributed by atoms with Crippen LogP contribution < -0.4 is 11.1 Å². The van der Waals surface area contributed by atoms with Crippen LogP contribution in [0.5, 0.6) is 0 Å². The van der Waals surface area contributed by atoms with E-state index < -0.39 is 5.82 Å². The van der Waals surface area contributed by atoms with Crippen molar-refractivity contribution in [1.82, 2.24) is 34.7 Å². The molecular formula is C27H23F2N9. The van der Waals surface area contributed by atoms with Gasteiger partial charge in [-0.25, -0.2) is 23.3 Å². The fraction of sp³-hybridized carbons (Fsp3) is 0.222. The van der Waals surface area contributed by atoms with Crippen molar-refractivity contribution < 1.29 is 8.78 Å². The minimum absolute atomic E-state index is 0.0402. The Bertz CT molecular complexity index is 1710. The number of anilines is 1. The summed E-state index contributed by atoms with van der Waals surface area (Å²) in [6, 6.07) is 12.0. The third-order valence-corrected chi connectivity index (χ3v) is 7.05. The number of fused-ring (bicyclic) bond motifs is 1. The molecule has 190 valence electrons. The van der Waals surface area contributed by atoms with Crippen molar-refractivity contribution in [1.29, 1.82) is 5.26 Å². The summed E-state index contributed by atoms with van der Waals surface area (Å²) >= 11 is 0. The first-order valence-corrected chi connectivity index (χ1v) is 12.1. The predicted octanol–water partition coefficient (Wildman–Crippen LogP) is 3.90. The molecule has 11 heteroatoms. The van der Waals surface area contributed by atoms with Crippen LogP contribution in [0.4, 0.5) is 14.6 Å². The van der Waals surface area contributed by atoms with Crippen LogP contribution in [-0.4, -0.2) is 42.5 Å². The van der Waals surface area contributed by atoms with Crippen molar-refractivity contribution in [3.05, 3.63) is 83.6 Å². The van der Waals surface area contributed by atoms with Crippen LogP contribution in [0, 0.1) is 23.0 Å². The van der Waals surface area contributed by atoms with Gasteiger partial charge in [-0.2, -0.15) is 15.5 Å². The lowest BCUT2D eigenvalue weighted by molar-refractivity contribution is 0.220. The highest BCUT2D eigenvalue weighted by Crippen LogP contribution is 2.34. The van der Waals surface area contributed by atoms with Gasteiger partial charge in [-0.15, -0.1) is 0 Å². The number of nitriles is 1. The molecule has 1 saturated carbocycles. The zero-order chi connectivity index (χ0) is 26.4. The van der Waals surface area contributed by atoms with E-state index in [9.17, 15) is 4.39 Å². The average Bonchev–Trinajstić information content (AvgIpc) is 3.52. The third kappa shape index (κ3) is 4.05. The van der Waals surface area contributed by atoms with E-state index >= 15 is 4.39 Å². The zero-order valence-corrected chi connectivity index (χ0v) is 20.4. The molecule has 0 aliphatic heterocycles. The molecule has 1 aliphatic rings. The highest BCUT2D eigenvalue weighted by Gasteiger charge is 2.30. The molecule has 3 heterocycles. The molecule has 1 aliphatic carbocycles. The highest BCUT2D eigenvalue weighted by molar-refractivity contribution is 5.69. The monoisotopic (exact) mass is 511 g/mol. The fourth-order valence-corrected chi connectivity index (χ4v) is 4.86. The van der Waals surface area contributed by atoms with E-state index in [2.05, 4.69) is 25.5 Å². The molecule has 6 rings (SSSR count). The van der Waals surface area contributed by atoms with Crippen LogP contribution in [0.3, 0.4) is 0 Å². The Balaban J connectivity index is 1.33. The summed E-state index contributed by atoms with van der Waals surface area (Å²) in [7, 11) is 1.96. The quantitative estimate of drug-likeness (QED) is 0.354. The van der Waals surface area contributed by atoms with E-state index in [0.717, 1.165) is 18.4 Å². The van der Waals surface area contributed by atoms with Crippen LogP contribution in [-0.2, 0) is 6.42 Å². The predicted molar refractivity (Wildman–Crippen MR) is 137 cm³/mol. The normalized spacial score (nSPS) is 16.9. The summed E-state index contributed by atoms with van der Waals surface area (Å²) in [5.41, 5.74) is 8.59. The Morgan fingerprint density at radius 3 is 2.68 bits per heavy atom. The third-order valence-electron chi connectivity index (χ3n) is 7.05. The van der Waals surface area contributed by atoms with Gasteiger partial charge < -0.3 is 11.1 Å². The smallest absolute Gasteiger partial charge is 0.198 e. The maximum atomic E-state index is 15.1. The summed E-state index contributed by atoms with van der Waals surface area (Å²) in [6.45, 7) is 0. The second kappa shape index (κ2) is 9.32. The van der Waals surface area contributed by atoms with Crippen molar-refractivity contribution >= 4 is 11.5 Å². The number of aromatic nitrogens is 6. The van der Waals surface area contributed by atoms with Crippen molar-refractivity contribution in [3.63, 3.8) is 0 Å². The lowest BCUT2D eigenvalue weighted by atomic mass is 9.87. The van der Waals surface area contributed by atoms with Crippen molar-refractivity contribution in [2.24, 2.45) is 0 Å². The standard InChI is InChI=1S/C27H23F2N9/c1-32-17-8-18(9-17)37-13-16(12-33-37)19-5-3-7-22(28)21(19)10-24-35-27-26(31)34-23(14-38(27)36-24)20-6-2-4-15(11-30)25(20)29/h2-7,12-14,17-18,32H,8-10H2,1H3,(H2,31,34). The van der Waals surface area contributed by atoms with Crippen molar-refractivity contribution in [2.75, 3.05) is 12.8 Å². The van der Waals surface area contributed by atoms with Gasteiger partial charge in [0.05, 0.1) is 29.7 Å². The number of halogens is 2. The maximum absolute atomic E-state index is 15.1. The summed E-state index contributed by atoms with van der Waals surface area (Å²) in [5, 5.41) is 21.4. The molecule has 3 N–H and O–H groups in total. The molecule has 0 saturated heterocycles. The molecule has 0 bridgehead atoms. The van der Waals surface area contributed by atoms with E-state index in [0.29, 0.717) is 29.0 Å². The lowest BCUT2D eigenvalue weighted by Gasteiger charge is -2.35. The Kier molecular flexibility index (Phi) is 5.81. The number of hydrogen-bond donors (Lipinski definition) is 2. The number of hydrogen-bond acceptors (Lipinski definition) is 7. The Labute approximate surface area is 216 Å². The lowest BCUT2D eigenvalue weighted by Crippen LogP contribution is -2.40. The van der Waals surface area contributed by atoms with E-state index in [1.54, 1.807) is 18.3 Å². The average molecular weight is 512 g/mol. The zero-order valence-electron chi connectivity index (χ0n) is 20.4. The first kappa shape index (κ1) is 23.7. The van der Waals surface area contributed by atoms with Crippen LogP contribution in [0.2, 0.25) is 0 Å². The second-order valence-corrected chi connectivity index (χ2v) is 9.35. The molecule has 0 amide bonds. The molecule has 38 heavy (non-hydrogen) atoms. The van der Waals surface area contributed by atoms with E-state index in [4.69, 9.17) is 11.0 Å². The van der Waals surface area contributed by atoms with Crippen molar-refractivity contribution in [3.8, 4) is 28.5 Å². The first-order valence-electron chi connectivity index (χ1n) is 12.1. The molecule has 3 aromatic heterocycles. The van der Waals surface area contributed by atoms with Gasteiger partial charge in [0, 0.05) is 35.3 Å². The van der Waals surface area contributed by atoms with Crippen LogP contribution in [0.15, 0.2) is 55.0 Å². The molecule has 0 spiro atoms. The number of nitrogens with one attached hydrogen (secondary N) is 1. The molecule has 2 aromatic carbocycles. The van der Waals surface area contributed by atoms with Gasteiger partial charge in [0.25, 0.3) is 0 Å².